The standard InChI is InChI=1S/C10H15NO/c1-2-8-6-11-4-3-9(8)5-10(11)7-12/h1,8-10,12H,3-7H2/t8-,9+,10-/m1/s1. The molecule has 0 aromatic heterocycles. The maximum Gasteiger partial charge on any atom is 0.0586 e. The molecule has 0 saturated carbocycles. The summed E-state index contributed by atoms with van der Waals surface area (Å²) in [4.78, 5) is 2.34. The van der Waals surface area contributed by atoms with Gasteiger partial charge in [-0.25, -0.2) is 0 Å². The summed E-state index contributed by atoms with van der Waals surface area (Å²) >= 11 is 0. The highest BCUT2D eigenvalue weighted by molar-refractivity contribution is 5.05. The summed E-state index contributed by atoms with van der Waals surface area (Å²) in [5.74, 6) is 3.98. The van der Waals surface area contributed by atoms with Gasteiger partial charge in [-0.1, -0.05) is 0 Å². The summed E-state index contributed by atoms with van der Waals surface area (Å²) in [7, 11) is 0. The molecule has 1 N–H and O–H groups in total. The van der Waals surface area contributed by atoms with E-state index in [-0.39, 0.29) is 0 Å². The van der Waals surface area contributed by atoms with Crippen molar-refractivity contribution in [1.82, 2.24) is 4.90 Å². The lowest BCUT2D eigenvalue weighted by Crippen LogP contribution is -2.54. The van der Waals surface area contributed by atoms with Crippen LogP contribution in [0.25, 0.3) is 0 Å². The number of nitrogens with zero attached hydrogens (tertiary/aromatic N) is 1. The van der Waals surface area contributed by atoms with Crippen molar-refractivity contribution >= 4 is 0 Å². The van der Waals surface area contributed by atoms with Crippen molar-refractivity contribution in [2.24, 2.45) is 11.8 Å². The van der Waals surface area contributed by atoms with Crippen LogP contribution in [0, 0.1) is 24.2 Å². The molecule has 2 bridgehead atoms. The Balaban J connectivity index is 2.07. The highest BCUT2D eigenvalue weighted by atomic mass is 16.3. The Kier molecular flexibility index (Phi) is 2.08. The van der Waals surface area contributed by atoms with Gasteiger partial charge < -0.3 is 5.11 Å². The zero-order valence-electron chi connectivity index (χ0n) is 7.24. The molecule has 0 aromatic rings. The Morgan fingerprint density at radius 3 is 2.92 bits per heavy atom. The molecule has 3 aliphatic heterocycles. The topological polar surface area (TPSA) is 23.5 Å². The van der Waals surface area contributed by atoms with Gasteiger partial charge in [0.1, 0.15) is 0 Å². The first-order valence-corrected chi connectivity index (χ1v) is 4.66. The third-order valence-electron chi connectivity index (χ3n) is 3.30. The van der Waals surface area contributed by atoms with E-state index in [2.05, 4.69) is 10.8 Å². The van der Waals surface area contributed by atoms with Gasteiger partial charge in [-0.3, -0.25) is 4.90 Å². The molecule has 0 aromatic carbocycles. The van der Waals surface area contributed by atoms with Crippen molar-refractivity contribution in [1.29, 1.82) is 0 Å². The summed E-state index contributed by atoms with van der Waals surface area (Å²) in [6, 6.07) is 0.397. The van der Waals surface area contributed by atoms with Crippen molar-refractivity contribution in [3.63, 3.8) is 0 Å². The van der Waals surface area contributed by atoms with E-state index >= 15 is 0 Å². The summed E-state index contributed by atoms with van der Waals surface area (Å²) in [5.41, 5.74) is 0. The van der Waals surface area contributed by atoms with Crippen molar-refractivity contribution < 1.29 is 5.11 Å². The van der Waals surface area contributed by atoms with Gasteiger partial charge in [0.25, 0.3) is 0 Å². The largest absolute Gasteiger partial charge is 0.395 e. The van der Waals surface area contributed by atoms with Gasteiger partial charge in [0, 0.05) is 18.5 Å². The number of aliphatic hydroxyl groups excluding tert-OH is 1. The number of piperidine rings is 3. The average molecular weight is 165 g/mol. The lowest BCUT2D eigenvalue weighted by molar-refractivity contribution is -0.00366. The van der Waals surface area contributed by atoms with Gasteiger partial charge in [0.15, 0.2) is 0 Å². The predicted molar refractivity (Wildman–Crippen MR) is 47.5 cm³/mol. The molecule has 3 saturated heterocycles. The highest BCUT2D eigenvalue weighted by Crippen LogP contribution is 2.35. The highest BCUT2D eigenvalue weighted by Gasteiger charge is 2.38. The zero-order chi connectivity index (χ0) is 8.55. The van der Waals surface area contributed by atoms with Crippen molar-refractivity contribution in [3.05, 3.63) is 0 Å². The molecule has 0 radical (unpaired) electrons. The lowest BCUT2D eigenvalue weighted by Gasteiger charge is -2.47. The van der Waals surface area contributed by atoms with Crippen LogP contribution in [-0.2, 0) is 0 Å². The second-order valence-electron chi connectivity index (χ2n) is 3.89. The van der Waals surface area contributed by atoms with Crippen LogP contribution in [0.5, 0.6) is 0 Å². The Labute approximate surface area is 73.6 Å². The first-order valence-electron chi connectivity index (χ1n) is 4.66. The number of hydrogen-bond donors (Lipinski definition) is 1. The van der Waals surface area contributed by atoms with Crippen LogP contribution >= 0.6 is 0 Å². The number of aliphatic hydroxyl groups is 1. The molecule has 0 aliphatic carbocycles. The molecule has 0 spiro atoms. The van der Waals surface area contributed by atoms with Gasteiger partial charge in [0.2, 0.25) is 0 Å². The number of terminal acetylenes is 1. The summed E-state index contributed by atoms with van der Waals surface area (Å²) in [5, 5.41) is 9.08. The van der Waals surface area contributed by atoms with Crippen molar-refractivity contribution in [2.45, 2.75) is 18.9 Å². The molecule has 66 valence electrons. The molecule has 12 heavy (non-hydrogen) atoms. The molecule has 2 nitrogen and oxygen atoms in total. The van der Waals surface area contributed by atoms with E-state index in [0.717, 1.165) is 19.5 Å². The molecule has 3 fully saturated rings. The van der Waals surface area contributed by atoms with Gasteiger partial charge in [-0.15, -0.1) is 12.3 Å². The van der Waals surface area contributed by atoms with E-state index in [1.165, 1.54) is 6.42 Å². The van der Waals surface area contributed by atoms with Crippen LogP contribution < -0.4 is 0 Å². The number of rotatable bonds is 1. The normalized spacial score (nSPS) is 45.7. The molecule has 3 aliphatic rings. The Bertz CT molecular complexity index is 208. The van der Waals surface area contributed by atoms with Crippen LogP contribution in [0.4, 0.5) is 0 Å². The smallest absolute Gasteiger partial charge is 0.0586 e. The van der Waals surface area contributed by atoms with E-state index < -0.39 is 0 Å². The monoisotopic (exact) mass is 165 g/mol. The zero-order valence-corrected chi connectivity index (χ0v) is 7.24. The minimum absolute atomic E-state index is 0.299. The van der Waals surface area contributed by atoms with Crippen LogP contribution in [0.2, 0.25) is 0 Å². The van der Waals surface area contributed by atoms with E-state index in [9.17, 15) is 0 Å². The fourth-order valence-electron chi connectivity index (χ4n) is 2.52. The maximum atomic E-state index is 9.08. The summed E-state index contributed by atoms with van der Waals surface area (Å²) in [6.07, 6.45) is 7.77. The Hall–Kier alpha value is -0.520. The summed E-state index contributed by atoms with van der Waals surface area (Å²) < 4.78 is 0. The Morgan fingerprint density at radius 1 is 1.58 bits per heavy atom. The quantitative estimate of drug-likeness (QED) is 0.566. The second kappa shape index (κ2) is 3.08. The van der Waals surface area contributed by atoms with E-state index in [4.69, 9.17) is 11.5 Å². The van der Waals surface area contributed by atoms with Gasteiger partial charge in [-0.2, -0.15) is 0 Å². The minimum atomic E-state index is 0.299. The van der Waals surface area contributed by atoms with Gasteiger partial charge in [0.05, 0.1) is 6.61 Å². The Morgan fingerprint density at radius 2 is 2.42 bits per heavy atom. The van der Waals surface area contributed by atoms with E-state index in [1.807, 2.05) is 0 Å². The van der Waals surface area contributed by atoms with Crippen LogP contribution in [-0.4, -0.2) is 35.7 Å². The predicted octanol–water partition coefficient (Wildman–Crippen LogP) is 0.322. The van der Waals surface area contributed by atoms with E-state index in [1.54, 1.807) is 0 Å². The molecule has 0 amide bonds. The van der Waals surface area contributed by atoms with Gasteiger partial charge in [-0.05, 0) is 25.3 Å². The molecule has 4 atom stereocenters. The third kappa shape index (κ3) is 1.14. The second-order valence-corrected chi connectivity index (χ2v) is 3.89. The fraction of sp³-hybridized carbons (Fsp3) is 0.800. The van der Waals surface area contributed by atoms with E-state index in [0.29, 0.717) is 24.5 Å². The molecule has 3 heterocycles. The molecular formula is C10H15NO. The number of hydrogen-bond acceptors (Lipinski definition) is 2. The molecule has 3 rings (SSSR count). The maximum absolute atomic E-state index is 9.08. The fourth-order valence-corrected chi connectivity index (χ4v) is 2.52. The first-order chi connectivity index (χ1) is 5.85. The molecule has 2 heteroatoms. The molecule has 1 unspecified atom stereocenters. The van der Waals surface area contributed by atoms with Crippen LogP contribution in [0.1, 0.15) is 12.8 Å². The van der Waals surface area contributed by atoms with Crippen molar-refractivity contribution in [2.75, 3.05) is 19.7 Å². The minimum Gasteiger partial charge on any atom is -0.395 e. The molecular weight excluding hydrogens is 150 g/mol. The SMILES string of the molecule is C#C[C@@H]1CN2CC[C@H]1C[C@@H]2CO. The van der Waals surface area contributed by atoms with Crippen molar-refractivity contribution in [3.8, 4) is 12.3 Å². The summed E-state index contributed by atoms with van der Waals surface area (Å²) in [6.45, 7) is 2.44. The van der Waals surface area contributed by atoms with Gasteiger partial charge >= 0.3 is 0 Å². The van der Waals surface area contributed by atoms with Crippen LogP contribution in [0.3, 0.4) is 0 Å². The van der Waals surface area contributed by atoms with Crippen LogP contribution in [0.15, 0.2) is 0 Å². The third-order valence-corrected chi connectivity index (χ3v) is 3.30. The lowest BCUT2D eigenvalue weighted by atomic mass is 9.76. The average Bonchev–Trinajstić information content (AvgIpc) is 2.18. The first kappa shape index (κ1) is 8.10. The number of fused-ring (bicyclic) bond motifs is 3.